The Bertz CT molecular complexity index is 312. The maximum absolute atomic E-state index is 10.8. The van der Waals surface area contributed by atoms with Crippen LogP contribution in [-0.2, 0) is 11.2 Å². The summed E-state index contributed by atoms with van der Waals surface area (Å²) in [6.45, 7) is 1.56. The third-order valence-electron chi connectivity index (χ3n) is 2.45. The molecule has 1 saturated carbocycles. The van der Waals surface area contributed by atoms with E-state index in [1.807, 2.05) is 0 Å². The molecule has 3 nitrogen and oxygen atoms in total. The summed E-state index contributed by atoms with van der Waals surface area (Å²) in [7, 11) is 0. The molecule has 0 saturated heterocycles. The van der Waals surface area contributed by atoms with Crippen LogP contribution in [0.3, 0.4) is 0 Å². The van der Waals surface area contributed by atoms with Crippen LogP contribution in [0.5, 0.6) is 0 Å². The second-order valence-electron chi connectivity index (χ2n) is 3.67. The molecule has 0 unspecified atom stereocenters. The quantitative estimate of drug-likeness (QED) is 0.713. The van der Waals surface area contributed by atoms with Gasteiger partial charge in [0.1, 0.15) is 11.5 Å². The van der Waals surface area contributed by atoms with Gasteiger partial charge in [0.25, 0.3) is 0 Å². The Hall–Kier alpha value is -1.12. The van der Waals surface area contributed by atoms with E-state index in [-0.39, 0.29) is 5.78 Å². The Labute approximate surface area is 77.2 Å². The van der Waals surface area contributed by atoms with Gasteiger partial charge in [0.2, 0.25) is 0 Å². The van der Waals surface area contributed by atoms with Crippen LogP contribution >= 0.6 is 0 Å². The Morgan fingerprint density at radius 1 is 1.69 bits per heavy atom. The minimum atomic E-state index is 0.122. The topological polar surface area (TPSA) is 43.1 Å². The fourth-order valence-electron chi connectivity index (χ4n) is 1.49. The molecule has 70 valence electrons. The minimum Gasteiger partial charge on any atom is -0.445 e. The van der Waals surface area contributed by atoms with Gasteiger partial charge in [0, 0.05) is 5.92 Å². The van der Waals surface area contributed by atoms with Gasteiger partial charge >= 0.3 is 0 Å². The highest BCUT2D eigenvalue weighted by Gasteiger charge is 2.24. The van der Waals surface area contributed by atoms with E-state index in [4.69, 9.17) is 4.42 Å². The van der Waals surface area contributed by atoms with Crippen molar-refractivity contribution in [1.82, 2.24) is 4.98 Å². The Kier molecular flexibility index (Phi) is 2.17. The summed E-state index contributed by atoms with van der Waals surface area (Å²) in [4.78, 5) is 15.0. The number of rotatable bonds is 3. The van der Waals surface area contributed by atoms with Crippen LogP contribution in [0.1, 0.15) is 43.8 Å². The molecule has 2 rings (SSSR count). The van der Waals surface area contributed by atoms with E-state index in [1.165, 1.54) is 19.3 Å². The third-order valence-corrected chi connectivity index (χ3v) is 2.45. The van der Waals surface area contributed by atoms with Crippen molar-refractivity contribution in [2.24, 2.45) is 0 Å². The molecular formula is C10H13NO2. The first-order valence-corrected chi connectivity index (χ1v) is 4.70. The first kappa shape index (κ1) is 8.48. The molecule has 1 aromatic rings. The van der Waals surface area contributed by atoms with Crippen molar-refractivity contribution < 1.29 is 9.21 Å². The highest BCUT2D eigenvalue weighted by atomic mass is 16.4. The Morgan fingerprint density at radius 2 is 2.46 bits per heavy atom. The lowest BCUT2D eigenvalue weighted by molar-refractivity contribution is -0.116. The van der Waals surface area contributed by atoms with Gasteiger partial charge in [-0.05, 0) is 19.8 Å². The number of ketones is 1. The smallest absolute Gasteiger partial charge is 0.197 e. The SMILES string of the molecule is CC(=O)Cc1cnc(C2CCC2)o1. The van der Waals surface area contributed by atoms with Gasteiger partial charge in [-0.3, -0.25) is 4.79 Å². The Balaban J connectivity index is 2.04. The predicted octanol–water partition coefficient (Wildman–Crippen LogP) is 2.07. The molecule has 1 heterocycles. The summed E-state index contributed by atoms with van der Waals surface area (Å²) in [6, 6.07) is 0. The largest absolute Gasteiger partial charge is 0.445 e. The summed E-state index contributed by atoms with van der Waals surface area (Å²) in [6.07, 6.45) is 5.68. The first-order chi connectivity index (χ1) is 6.25. The van der Waals surface area contributed by atoms with Crippen molar-refractivity contribution >= 4 is 5.78 Å². The van der Waals surface area contributed by atoms with Crippen LogP contribution in [0.25, 0.3) is 0 Å². The lowest BCUT2D eigenvalue weighted by Gasteiger charge is -2.21. The number of carbonyl (C=O) groups is 1. The van der Waals surface area contributed by atoms with Crippen molar-refractivity contribution in [3.63, 3.8) is 0 Å². The van der Waals surface area contributed by atoms with E-state index >= 15 is 0 Å². The van der Waals surface area contributed by atoms with E-state index in [9.17, 15) is 4.79 Å². The highest BCUT2D eigenvalue weighted by Crippen LogP contribution is 2.35. The van der Waals surface area contributed by atoms with Crippen molar-refractivity contribution in [3.8, 4) is 0 Å². The van der Waals surface area contributed by atoms with E-state index in [1.54, 1.807) is 13.1 Å². The van der Waals surface area contributed by atoms with Crippen molar-refractivity contribution in [3.05, 3.63) is 17.8 Å². The average Bonchev–Trinajstić information content (AvgIpc) is 2.31. The summed E-state index contributed by atoms with van der Waals surface area (Å²) in [5.74, 6) is 2.16. The summed E-state index contributed by atoms with van der Waals surface area (Å²) in [5, 5.41) is 0. The summed E-state index contributed by atoms with van der Waals surface area (Å²) < 4.78 is 5.47. The molecule has 0 aliphatic heterocycles. The van der Waals surface area contributed by atoms with Crippen LogP contribution < -0.4 is 0 Å². The van der Waals surface area contributed by atoms with Crippen LogP contribution in [0.2, 0.25) is 0 Å². The highest BCUT2D eigenvalue weighted by molar-refractivity contribution is 5.77. The average molecular weight is 179 g/mol. The Morgan fingerprint density at radius 3 is 3.00 bits per heavy atom. The molecule has 0 bridgehead atoms. The van der Waals surface area contributed by atoms with E-state index in [2.05, 4.69) is 4.98 Å². The maximum atomic E-state index is 10.8. The zero-order valence-electron chi connectivity index (χ0n) is 7.75. The zero-order valence-corrected chi connectivity index (χ0v) is 7.75. The van der Waals surface area contributed by atoms with Gasteiger partial charge < -0.3 is 4.42 Å². The molecular weight excluding hydrogens is 166 g/mol. The fraction of sp³-hybridized carbons (Fsp3) is 0.600. The van der Waals surface area contributed by atoms with Gasteiger partial charge in [-0.25, -0.2) is 4.98 Å². The van der Waals surface area contributed by atoms with Crippen LogP contribution in [0.15, 0.2) is 10.6 Å². The van der Waals surface area contributed by atoms with Gasteiger partial charge in [-0.1, -0.05) is 6.42 Å². The third kappa shape index (κ3) is 1.79. The fourth-order valence-corrected chi connectivity index (χ4v) is 1.49. The van der Waals surface area contributed by atoms with Crippen LogP contribution in [-0.4, -0.2) is 10.8 Å². The molecule has 3 heteroatoms. The number of hydrogen-bond donors (Lipinski definition) is 0. The number of carbonyl (C=O) groups excluding carboxylic acids is 1. The van der Waals surface area contributed by atoms with Crippen molar-refractivity contribution in [2.75, 3.05) is 0 Å². The second-order valence-corrected chi connectivity index (χ2v) is 3.67. The molecule has 0 radical (unpaired) electrons. The molecule has 13 heavy (non-hydrogen) atoms. The number of aromatic nitrogens is 1. The van der Waals surface area contributed by atoms with Gasteiger partial charge in [-0.15, -0.1) is 0 Å². The molecule has 0 amide bonds. The molecule has 1 aliphatic carbocycles. The van der Waals surface area contributed by atoms with Gasteiger partial charge in [0.05, 0.1) is 12.6 Å². The van der Waals surface area contributed by atoms with E-state index in [0.29, 0.717) is 18.1 Å². The maximum Gasteiger partial charge on any atom is 0.197 e. The lowest BCUT2D eigenvalue weighted by Crippen LogP contribution is -2.08. The number of hydrogen-bond acceptors (Lipinski definition) is 3. The molecule has 0 N–H and O–H groups in total. The normalized spacial score (nSPS) is 17.0. The standard InChI is InChI=1S/C10H13NO2/c1-7(12)5-9-6-11-10(13-9)8-3-2-4-8/h6,8H,2-5H2,1H3. The van der Waals surface area contributed by atoms with E-state index < -0.39 is 0 Å². The lowest BCUT2D eigenvalue weighted by atomic mass is 9.85. The van der Waals surface area contributed by atoms with Crippen molar-refractivity contribution in [2.45, 2.75) is 38.5 Å². The second kappa shape index (κ2) is 3.32. The van der Waals surface area contributed by atoms with Gasteiger partial charge in [-0.2, -0.15) is 0 Å². The number of oxazole rings is 1. The van der Waals surface area contributed by atoms with Gasteiger partial charge in [0.15, 0.2) is 5.89 Å². The number of nitrogens with zero attached hydrogens (tertiary/aromatic N) is 1. The zero-order chi connectivity index (χ0) is 9.26. The molecule has 0 atom stereocenters. The van der Waals surface area contributed by atoms with E-state index in [0.717, 1.165) is 5.89 Å². The van der Waals surface area contributed by atoms with Crippen molar-refractivity contribution in [1.29, 1.82) is 0 Å². The van der Waals surface area contributed by atoms with Crippen LogP contribution in [0, 0.1) is 0 Å². The molecule has 0 aromatic carbocycles. The predicted molar refractivity (Wildman–Crippen MR) is 47.5 cm³/mol. The molecule has 1 aliphatic rings. The summed E-state index contributed by atoms with van der Waals surface area (Å²) in [5.41, 5.74) is 0. The monoisotopic (exact) mass is 179 g/mol. The molecule has 1 aromatic heterocycles. The molecule has 1 fully saturated rings. The first-order valence-electron chi connectivity index (χ1n) is 4.70. The minimum absolute atomic E-state index is 0.122. The molecule has 0 spiro atoms. The number of Topliss-reactive ketones (excluding diaryl/α,β-unsaturated/α-hetero) is 1. The summed E-state index contributed by atoms with van der Waals surface area (Å²) >= 11 is 0. The van der Waals surface area contributed by atoms with Crippen LogP contribution in [0.4, 0.5) is 0 Å².